The predicted molar refractivity (Wildman–Crippen MR) is 134 cm³/mol. The number of carbonyl (C=O) groups excluding carboxylic acids is 1. The van der Waals surface area contributed by atoms with Gasteiger partial charge in [-0.15, -0.1) is 0 Å². The number of aromatic nitrogens is 2. The largest absolute Gasteiger partial charge is 0.474 e. The molecule has 8 nitrogen and oxygen atoms in total. The summed E-state index contributed by atoms with van der Waals surface area (Å²) in [5.74, 6) is 0.621. The monoisotopic (exact) mass is 470 g/mol. The number of hydrogen-bond acceptors (Lipinski definition) is 7. The van der Waals surface area contributed by atoms with Crippen molar-refractivity contribution in [3.8, 4) is 17.0 Å². The molecule has 2 aliphatic rings. The molecule has 0 unspecified atom stereocenters. The zero-order valence-corrected chi connectivity index (χ0v) is 19.3. The predicted octanol–water partition coefficient (Wildman–Crippen LogP) is 4.46. The number of amides is 1. The number of benzene rings is 2. The number of nitrogens with two attached hydrogens (primary N) is 1. The maximum atomic E-state index is 15.4. The van der Waals surface area contributed by atoms with E-state index in [-0.39, 0.29) is 11.6 Å². The van der Waals surface area contributed by atoms with Crippen LogP contribution in [-0.4, -0.2) is 41.0 Å². The van der Waals surface area contributed by atoms with Crippen molar-refractivity contribution in [1.29, 1.82) is 0 Å². The van der Waals surface area contributed by atoms with Crippen LogP contribution in [0.3, 0.4) is 0 Å². The Hall–Kier alpha value is -4.40. The van der Waals surface area contributed by atoms with Crippen LogP contribution in [0, 0.1) is 12.7 Å². The first-order valence-corrected chi connectivity index (χ1v) is 11.3. The molecule has 2 aromatic carbocycles. The third-order valence-electron chi connectivity index (χ3n) is 6.60. The van der Waals surface area contributed by atoms with Gasteiger partial charge in [-0.05, 0) is 53.8 Å². The average Bonchev–Trinajstić information content (AvgIpc) is 3.14. The topological polar surface area (TPSA) is 105 Å². The molecule has 2 aromatic heterocycles. The second kappa shape index (κ2) is 7.83. The molecule has 4 aromatic rings. The Morgan fingerprint density at radius 1 is 1.14 bits per heavy atom. The fraction of sp³-hybridized carbons (Fsp3) is 0.192. The second-order valence-electron chi connectivity index (χ2n) is 8.85. The van der Waals surface area contributed by atoms with Crippen molar-refractivity contribution in [2.75, 3.05) is 36.6 Å². The maximum Gasteiger partial charge on any atom is 0.254 e. The van der Waals surface area contributed by atoms with Crippen LogP contribution in [0.25, 0.3) is 21.9 Å². The molecule has 0 aliphatic carbocycles. The number of nitrogens with one attached hydrogen (secondary N) is 2. The van der Waals surface area contributed by atoms with Crippen LogP contribution >= 0.6 is 0 Å². The third-order valence-corrected chi connectivity index (χ3v) is 6.60. The number of nitrogens with zero attached hydrogens (tertiary/aromatic N) is 3. The molecule has 0 atom stereocenters. The molecule has 0 saturated heterocycles. The van der Waals surface area contributed by atoms with Crippen LogP contribution in [0.5, 0.6) is 5.88 Å². The van der Waals surface area contributed by atoms with Gasteiger partial charge in [-0.1, -0.05) is 0 Å². The molecule has 9 heteroatoms. The Morgan fingerprint density at radius 2 is 2.00 bits per heavy atom. The minimum atomic E-state index is -0.506. The summed E-state index contributed by atoms with van der Waals surface area (Å²) >= 11 is 0. The van der Waals surface area contributed by atoms with Gasteiger partial charge in [0.25, 0.3) is 5.91 Å². The van der Waals surface area contributed by atoms with E-state index in [4.69, 9.17) is 10.5 Å². The molecule has 0 bridgehead atoms. The molecule has 4 heterocycles. The number of fused-ring (bicyclic) bond motifs is 3. The van der Waals surface area contributed by atoms with Gasteiger partial charge in [0.15, 0.2) is 5.82 Å². The molecule has 6 rings (SSSR count). The van der Waals surface area contributed by atoms with Crippen LogP contribution in [0.1, 0.15) is 21.5 Å². The van der Waals surface area contributed by atoms with Crippen molar-refractivity contribution >= 4 is 39.6 Å². The Bertz CT molecular complexity index is 1540. The summed E-state index contributed by atoms with van der Waals surface area (Å²) in [5.41, 5.74) is 11.4. The summed E-state index contributed by atoms with van der Waals surface area (Å²) < 4.78 is 21.0. The highest BCUT2D eigenvalue weighted by Crippen LogP contribution is 2.39. The third kappa shape index (κ3) is 3.39. The highest BCUT2D eigenvalue weighted by Gasteiger charge is 2.24. The lowest BCUT2D eigenvalue weighted by molar-refractivity contribution is 0.0816. The van der Waals surface area contributed by atoms with Gasteiger partial charge in [0.2, 0.25) is 5.88 Å². The van der Waals surface area contributed by atoms with Crippen molar-refractivity contribution in [2.45, 2.75) is 13.5 Å². The summed E-state index contributed by atoms with van der Waals surface area (Å²) in [6.45, 7) is 3.68. The summed E-state index contributed by atoms with van der Waals surface area (Å²) in [6, 6.07) is 9.22. The summed E-state index contributed by atoms with van der Waals surface area (Å²) in [5, 5.41) is 7.85. The summed E-state index contributed by atoms with van der Waals surface area (Å²) in [7, 11) is 1.78. The van der Waals surface area contributed by atoms with Crippen molar-refractivity contribution in [1.82, 2.24) is 14.9 Å². The maximum absolute atomic E-state index is 15.4. The Balaban J connectivity index is 1.40. The highest BCUT2D eigenvalue weighted by molar-refractivity contribution is 6.00. The van der Waals surface area contributed by atoms with Gasteiger partial charge in [0, 0.05) is 60.3 Å². The number of hydrogen-bond donors (Lipinski definition) is 3. The molecule has 35 heavy (non-hydrogen) atoms. The average molecular weight is 471 g/mol. The van der Waals surface area contributed by atoms with Gasteiger partial charge in [0.05, 0.1) is 5.69 Å². The van der Waals surface area contributed by atoms with Crippen LogP contribution in [0.15, 0.2) is 42.7 Å². The number of anilines is 4. The SMILES string of the molecule is Cc1c(-c2cc3cc(Nc4ccc5c(c4)CN(C)C5=O)ncc3c(N)c2F)cnc2c1NCCO2. The van der Waals surface area contributed by atoms with E-state index >= 15 is 4.39 Å². The highest BCUT2D eigenvalue weighted by atomic mass is 19.1. The van der Waals surface area contributed by atoms with Crippen molar-refractivity contribution in [2.24, 2.45) is 0 Å². The van der Waals surface area contributed by atoms with E-state index in [1.54, 1.807) is 30.4 Å². The quantitative estimate of drug-likeness (QED) is 0.380. The number of pyridine rings is 2. The molecular weight excluding hydrogens is 447 g/mol. The summed E-state index contributed by atoms with van der Waals surface area (Å²) in [4.78, 5) is 22.6. The van der Waals surface area contributed by atoms with E-state index in [0.29, 0.717) is 53.5 Å². The van der Waals surface area contributed by atoms with Crippen molar-refractivity contribution < 1.29 is 13.9 Å². The van der Waals surface area contributed by atoms with E-state index in [1.165, 1.54) is 0 Å². The number of carbonyl (C=O) groups is 1. The molecule has 0 saturated carbocycles. The summed E-state index contributed by atoms with van der Waals surface area (Å²) in [6.07, 6.45) is 3.19. The van der Waals surface area contributed by atoms with Gasteiger partial charge >= 0.3 is 0 Å². The molecule has 0 radical (unpaired) electrons. The van der Waals surface area contributed by atoms with E-state index in [1.807, 2.05) is 31.2 Å². The Labute approximate surface area is 200 Å². The fourth-order valence-corrected chi connectivity index (χ4v) is 4.75. The van der Waals surface area contributed by atoms with Gasteiger partial charge in [0.1, 0.15) is 18.1 Å². The zero-order valence-electron chi connectivity index (χ0n) is 19.3. The fourth-order valence-electron chi connectivity index (χ4n) is 4.75. The van der Waals surface area contributed by atoms with E-state index in [9.17, 15) is 4.79 Å². The molecule has 2 aliphatic heterocycles. The minimum Gasteiger partial charge on any atom is -0.474 e. The van der Waals surface area contributed by atoms with E-state index in [2.05, 4.69) is 20.6 Å². The molecule has 176 valence electrons. The molecule has 4 N–H and O–H groups in total. The first-order chi connectivity index (χ1) is 16.9. The molecule has 0 fully saturated rings. The van der Waals surface area contributed by atoms with E-state index in [0.717, 1.165) is 27.9 Å². The van der Waals surface area contributed by atoms with Gasteiger partial charge in [-0.2, -0.15) is 0 Å². The van der Waals surface area contributed by atoms with Crippen molar-refractivity contribution in [3.63, 3.8) is 0 Å². The van der Waals surface area contributed by atoms with E-state index < -0.39 is 5.82 Å². The zero-order chi connectivity index (χ0) is 24.3. The van der Waals surface area contributed by atoms with Crippen LogP contribution in [-0.2, 0) is 6.54 Å². The van der Waals surface area contributed by atoms with Crippen LogP contribution < -0.4 is 21.1 Å². The van der Waals surface area contributed by atoms with Gasteiger partial charge in [-0.25, -0.2) is 14.4 Å². The Morgan fingerprint density at radius 3 is 2.86 bits per heavy atom. The van der Waals surface area contributed by atoms with Crippen LogP contribution in [0.4, 0.5) is 27.3 Å². The number of halogens is 1. The minimum absolute atomic E-state index is 0.0223. The van der Waals surface area contributed by atoms with Gasteiger partial charge in [-0.3, -0.25) is 4.79 Å². The van der Waals surface area contributed by atoms with Gasteiger partial charge < -0.3 is 26.0 Å². The lowest BCUT2D eigenvalue weighted by Crippen LogP contribution is -2.20. The van der Waals surface area contributed by atoms with Crippen LogP contribution in [0.2, 0.25) is 0 Å². The first-order valence-electron chi connectivity index (χ1n) is 11.3. The standard InChI is InChI=1S/C26H23FN6O2/c1-13-19(10-31-25-24(13)29-5-6-35-25)18-8-14-9-21(30-11-20(14)23(28)22(18)27)32-16-3-4-17-15(7-16)12-33(2)26(17)34/h3-4,7-11,29H,5-6,12,28H2,1-2H3,(H,30,32). The van der Waals surface area contributed by atoms with Crippen molar-refractivity contribution in [3.05, 3.63) is 65.2 Å². The number of ether oxygens (including phenoxy) is 1. The molecule has 0 spiro atoms. The lowest BCUT2D eigenvalue weighted by Gasteiger charge is -2.22. The first kappa shape index (κ1) is 21.2. The normalized spacial score (nSPS) is 14.4. The Kier molecular flexibility index (Phi) is 4.73. The molecular formula is C26H23FN6O2. The lowest BCUT2D eigenvalue weighted by atomic mass is 9.97. The molecule has 1 amide bonds. The number of nitrogen functional groups attached to an aromatic ring is 1. The smallest absolute Gasteiger partial charge is 0.254 e. The second-order valence-corrected chi connectivity index (χ2v) is 8.85. The number of rotatable bonds is 3.